The number of aryl methyl sites for hydroxylation is 2. The molecular weight excluding hydrogens is 322 g/mol. The number of piperidine rings is 1. The number of amides is 1. The first-order chi connectivity index (χ1) is 11.6. The Hall–Kier alpha value is -1.89. The van der Waals surface area contributed by atoms with Crippen molar-refractivity contribution >= 4 is 17.7 Å². The molecule has 2 aromatic rings. The van der Waals surface area contributed by atoms with Crippen LogP contribution in [-0.2, 0) is 4.79 Å². The molecule has 0 radical (unpaired) electrons. The first-order valence-corrected chi connectivity index (χ1v) is 9.30. The van der Waals surface area contributed by atoms with E-state index in [1.54, 1.807) is 4.68 Å². The van der Waals surface area contributed by atoms with Crippen LogP contribution in [0.4, 0.5) is 0 Å². The number of para-hydroxylation sites is 1. The molecule has 0 N–H and O–H groups in total. The van der Waals surface area contributed by atoms with Crippen LogP contribution < -0.4 is 0 Å². The van der Waals surface area contributed by atoms with Crippen molar-refractivity contribution in [3.8, 4) is 5.69 Å². The summed E-state index contributed by atoms with van der Waals surface area (Å²) < 4.78 is 1.74. The number of hydrogen-bond acceptors (Lipinski definition) is 5. The Bertz CT molecular complexity index is 709. The maximum atomic E-state index is 12.4. The van der Waals surface area contributed by atoms with Gasteiger partial charge in [0.2, 0.25) is 11.1 Å². The number of thioether (sulfide) groups is 1. The highest BCUT2D eigenvalue weighted by atomic mass is 32.2. The molecule has 7 heteroatoms. The van der Waals surface area contributed by atoms with Gasteiger partial charge in [0.05, 0.1) is 11.4 Å². The second-order valence-corrected chi connectivity index (χ2v) is 7.43. The Morgan fingerprint density at radius 3 is 2.79 bits per heavy atom. The molecule has 1 aromatic heterocycles. The third-order valence-corrected chi connectivity index (χ3v) is 5.33. The van der Waals surface area contributed by atoms with Crippen LogP contribution in [0, 0.1) is 19.8 Å². The smallest absolute Gasteiger partial charge is 0.233 e. The number of carbonyl (C=O) groups excluding carboxylic acids is 1. The van der Waals surface area contributed by atoms with Gasteiger partial charge in [-0.25, -0.2) is 0 Å². The summed E-state index contributed by atoms with van der Waals surface area (Å²) in [6.45, 7) is 8.01. The van der Waals surface area contributed by atoms with Crippen molar-refractivity contribution in [1.82, 2.24) is 25.1 Å². The maximum Gasteiger partial charge on any atom is 0.233 e. The van der Waals surface area contributed by atoms with Gasteiger partial charge in [-0.05, 0) is 54.2 Å². The topological polar surface area (TPSA) is 63.9 Å². The molecule has 128 valence electrons. The normalized spacial score (nSPS) is 18.0. The summed E-state index contributed by atoms with van der Waals surface area (Å²) >= 11 is 1.40. The third-order valence-electron chi connectivity index (χ3n) is 4.43. The van der Waals surface area contributed by atoms with Gasteiger partial charge in [-0.3, -0.25) is 4.79 Å². The Kier molecular flexibility index (Phi) is 5.18. The molecule has 1 aromatic carbocycles. The average molecular weight is 345 g/mol. The Labute approximate surface area is 146 Å². The maximum absolute atomic E-state index is 12.4. The number of nitrogens with zero attached hydrogens (tertiary/aromatic N) is 5. The highest BCUT2D eigenvalue weighted by Crippen LogP contribution is 2.24. The van der Waals surface area contributed by atoms with Crippen molar-refractivity contribution in [1.29, 1.82) is 0 Å². The Morgan fingerprint density at radius 1 is 1.33 bits per heavy atom. The van der Waals surface area contributed by atoms with Crippen molar-refractivity contribution in [3.05, 3.63) is 29.3 Å². The van der Waals surface area contributed by atoms with Crippen molar-refractivity contribution in [2.45, 2.75) is 38.8 Å². The molecule has 3 rings (SSSR count). The molecule has 1 fully saturated rings. The van der Waals surface area contributed by atoms with Crippen molar-refractivity contribution < 1.29 is 4.79 Å². The number of likely N-dealkylation sites (tertiary alicyclic amines) is 1. The summed E-state index contributed by atoms with van der Waals surface area (Å²) in [5, 5.41) is 12.7. The van der Waals surface area contributed by atoms with Crippen LogP contribution in [-0.4, -0.2) is 49.9 Å². The van der Waals surface area contributed by atoms with E-state index in [0.29, 0.717) is 16.8 Å². The molecule has 0 saturated carbocycles. The summed E-state index contributed by atoms with van der Waals surface area (Å²) in [7, 11) is 0. The number of hydrogen-bond donors (Lipinski definition) is 0. The molecule has 0 bridgehead atoms. The molecule has 1 amide bonds. The number of tetrazole rings is 1. The minimum absolute atomic E-state index is 0.169. The van der Waals surface area contributed by atoms with Crippen LogP contribution in [0.2, 0.25) is 0 Å². The molecule has 2 heterocycles. The third kappa shape index (κ3) is 3.61. The molecule has 1 aliphatic rings. The van der Waals surface area contributed by atoms with E-state index in [1.807, 2.05) is 36.9 Å². The van der Waals surface area contributed by atoms with Crippen LogP contribution in [0.3, 0.4) is 0 Å². The number of rotatable bonds is 4. The molecule has 24 heavy (non-hydrogen) atoms. The van der Waals surface area contributed by atoms with E-state index in [9.17, 15) is 4.79 Å². The zero-order chi connectivity index (χ0) is 17.1. The van der Waals surface area contributed by atoms with Crippen molar-refractivity contribution in [2.75, 3.05) is 18.8 Å². The lowest BCUT2D eigenvalue weighted by Gasteiger charge is -2.30. The van der Waals surface area contributed by atoms with E-state index in [0.717, 1.165) is 36.3 Å². The molecule has 0 unspecified atom stereocenters. The molecule has 0 aliphatic carbocycles. The lowest BCUT2D eigenvalue weighted by molar-refractivity contribution is -0.130. The second-order valence-electron chi connectivity index (χ2n) is 6.49. The Morgan fingerprint density at radius 2 is 2.08 bits per heavy atom. The fourth-order valence-corrected chi connectivity index (χ4v) is 3.96. The minimum Gasteiger partial charge on any atom is -0.342 e. The van der Waals surface area contributed by atoms with Gasteiger partial charge in [0, 0.05) is 13.1 Å². The summed E-state index contributed by atoms with van der Waals surface area (Å²) in [6, 6.07) is 6.10. The first-order valence-electron chi connectivity index (χ1n) is 8.32. The number of carbonyl (C=O) groups is 1. The second kappa shape index (κ2) is 7.34. The minimum atomic E-state index is 0.169. The largest absolute Gasteiger partial charge is 0.342 e. The molecule has 1 atom stereocenters. The molecular formula is C17H23N5OS. The number of benzene rings is 1. The molecule has 0 spiro atoms. The highest BCUT2D eigenvalue weighted by molar-refractivity contribution is 7.99. The molecule has 1 aliphatic heterocycles. The SMILES string of the molecule is Cc1cccc(C)c1-n1nnnc1SCC(=O)N1CCC[C@@H](C)C1. The van der Waals surface area contributed by atoms with Crippen molar-refractivity contribution in [2.24, 2.45) is 5.92 Å². The van der Waals surface area contributed by atoms with Gasteiger partial charge in [0.15, 0.2) is 0 Å². The van der Waals surface area contributed by atoms with Crippen molar-refractivity contribution in [3.63, 3.8) is 0 Å². The van der Waals surface area contributed by atoms with Gasteiger partial charge in [-0.1, -0.05) is 36.9 Å². The lowest BCUT2D eigenvalue weighted by Crippen LogP contribution is -2.40. The monoisotopic (exact) mass is 345 g/mol. The lowest BCUT2D eigenvalue weighted by atomic mass is 10.0. The molecule has 1 saturated heterocycles. The number of aromatic nitrogens is 4. The van der Waals surface area contributed by atoms with Crippen LogP contribution in [0.15, 0.2) is 23.4 Å². The van der Waals surface area contributed by atoms with Gasteiger partial charge in [0.25, 0.3) is 0 Å². The average Bonchev–Trinajstić information content (AvgIpc) is 3.00. The fourth-order valence-electron chi connectivity index (χ4n) is 3.18. The predicted octanol–water partition coefficient (Wildman–Crippen LogP) is 2.63. The summed E-state index contributed by atoms with van der Waals surface area (Å²) in [5.74, 6) is 1.13. The van der Waals surface area contributed by atoms with Gasteiger partial charge >= 0.3 is 0 Å². The zero-order valence-electron chi connectivity index (χ0n) is 14.4. The quantitative estimate of drug-likeness (QED) is 0.797. The fraction of sp³-hybridized carbons (Fsp3) is 0.529. The van der Waals surface area contributed by atoms with Gasteiger partial charge in [-0.2, -0.15) is 4.68 Å². The Balaban J connectivity index is 1.71. The van der Waals surface area contributed by atoms with Gasteiger partial charge < -0.3 is 4.90 Å². The van der Waals surface area contributed by atoms with Crippen LogP contribution >= 0.6 is 11.8 Å². The first kappa shape index (κ1) is 17.0. The van der Waals surface area contributed by atoms with Crippen LogP contribution in [0.1, 0.15) is 30.9 Å². The predicted molar refractivity (Wildman–Crippen MR) is 94.3 cm³/mol. The summed E-state index contributed by atoms with van der Waals surface area (Å²) in [4.78, 5) is 14.4. The van der Waals surface area contributed by atoms with E-state index in [2.05, 4.69) is 22.4 Å². The summed E-state index contributed by atoms with van der Waals surface area (Å²) in [5.41, 5.74) is 3.21. The van der Waals surface area contributed by atoms with E-state index in [-0.39, 0.29) is 5.91 Å². The van der Waals surface area contributed by atoms with Gasteiger partial charge in [-0.15, -0.1) is 5.10 Å². The van der Waals surface area contributed by atoms with E-state index in [1.165, 1.54) is 18.2 Å². The zero-order valence-corrected chi connectivity index (χ0v) is 15.2. The van der Waals surface area contributed by atoms with Gasteiger partial charge in [0.1, 0.15) is 0 Å². The van der Waals surface area contributed by atoms with E-state index in [4.69, 9.17) is 0 Å². The standard InChI is InChI=1S/C17H23N5OS/c1-12-6-5-9-21(10-12)15(23)11-24-17-18-19-20-22(17)16-13(2)7-4-8-14(16)3/h4,7-8,12H,5-6,9-11H2,1-3H3/t12-/m1/s1. The van der Waals surface area contributed by atoms with E-state index < -0.39 is 0 Å². The van der Waals surface area contributed by atoms with Crippen LogP contribution in [0.25, 0.3) is 5.69 Å². The van der Waals surface area contributed by atoms with E-state index >= 15 is 0 Å². The highest BCUT2D eigenvalue weighted by Gasteiger charge is 2.22. The van der Waals surface area contributed by atoms with Crippen LogP contribution in [0.5, 0.6) is 0 Å². The summed E-state index contributed by atoms with van der Waals surface area (Å²) in [6.07, 6.45) is 2.31. The molecule has 6 nitrogen and oxygen atoms in total.